The van der Waals surface area contributed by atoms with Crippen LogP contribution < -0.4 is 10.6 Å². The van der Waals surface area contributed by atoms with E-state index in [2.05, 4.69) is 20.6 Å². The first kappa shape index (κ1) is 23.5. The van der Waals surface area contributed by atoms with E-state index in [1.165, 1.54) is 36.0 Å². The van der Waals surface area contributed by atoms with Crippen molar-refractivity contribution in [1.82, 2.24) is 19.9 Å². The summed E-state index contributed by atoms with van der Waals surface area (Å²) in [4.78, 5) is 45.9. The molecular weight excluding hydrogens is 465 g/mol. The largest absolute Gasteiger partial charge is 0.464 e. The number of aromatic nitrogens is 3. The first-order chi connectivity index (χ1) is 16.4. The number of epoxide rings is 1. The average molecular weight is 488 g/mol. The Morgan fingerprint density at radius 1 is 1.26 bits per heavy atom. The number of esters is 1. The second kappa shape index (κ2) is 10.1. The molecule has 2 N–H and O–H groups in total. The van der Waals surface area contributed by atoms with E-state index in [9.17, 15) is 18.8 Å². The molecule has 1 saturated heterocycles. The lowest BCUT2D eigenvalue weighted by molar-refractivity contribution is -0.144. The number of nitrogens with zero attached hydrogens (tertiary/aromatic N) is 3. The number of anilines is 1. The Labute approximate surface area is 198 Å². The van der Waals surface area contributed by atoms with Gasteiger partial charge in [0.2, 0.25) is 5.78 Å². The number of Topliss-reactive ketones (excluding diaryl/α,β-unsaturated/α-hetero) is 1. The smallest absolute Gasteiger partial charge is 0.338 e. The van der Waals surface area contributed by atoms with Crippen LogP contribution in [0.2, 0.25) is 0 Å². The van der Waals surface area contributed by atoms with E-state index in [4.69, 9.17) is 9.47 Å². The zero-order valence-corrected chi connectivity index (χ0v) is 19.2. The molecule has 0 radical (unpaired) electrons. The van der Waals surface area contributed by atoms with E-state index in [1.807, 2.05) is 0 Å². The standard InChI is InChI=1S/C22H22FN5O5S/c1-3-32-21(31)19-18(33-19)20(30)26-14(17(29)16-9-24-11-28(16)2)8-25-22-27-15(10-34-22)12-4-6-13(23)7-5-12/h4-7,9-11,14,18-19H,3,8H2,1-2H3,(H,25,27)(H,26,30)/t14-,18-,19-/m0/s1. The molecular formula is C22H22FN5O5S. The number of thiazole rings is 1. The molecule has 1 aliphatic rings. The Morgan fingerprint density at radius 2 is 2.03 bits per heavy atom. The SMILES string of the molecule is CCOC(=O)[C@H]1O[C@@H]1C(=O)N[C@@H](CNc1nc(-c2ccc(F)cc2)cs1)C(=O)c1cncn1C. The van der Waals surface area contributed by atoms with Crippen molar-refractivity contribution < 1.29 is 28.2 Å². The highest BCUT2D eigenvalue weighted by atomic mass is 32.1. The quantitative estimate of drug-likeness (QED) is 0.252. The first-order valence-corrected chi connectivity index (χ1v) is 11.3. The number of hydrogen-bond donors (Lipinski definition) is 2. The van der Waals surface area contributed by atoms with Crippen molar-refractivity contribution in [2.24, 2.45) is 7.05 Å². The van der Waals surface area contributed by atoms with Crippen molar-refractivity contribution in [3.63, 3.8) is 0 Å². The van der Waals surface area contributed by atoms with Gasteiger partial charge in [0.1, 0.15) is 17.6 Å². The van der Waals surface area contributed by atoms with Gasteiger partial charge in [0.15, 0.2) is 17.3 Å². The van der Waals surface area contributed by atoms with Crippen LogP contribution in [-0.2, 0) is 26.1 Å². The van der Waals surface area contributed by atoms with Gasteiger partial charge in [-0.1, -0.05) is 0 Å². The number of ketones is 1. The number of amides is 1. The molecule has 12 heteroatoms. The van der Waals surface area contributed by atoms with Crippen LogP contribution in [-0.4, -0.2) is 63.6 Å². The highest BCUT2D eigenvalue weighted by Crippen LogP contribution is 2.26. The molecule has 1 aliphatic heterocycles. The summed E-state index contributed by atoms with van der Waals surface area (Å²) in [6.45, 7) is 1.86. The first-order valence-electron chi connectivity index (χ1n) is 10.5. The van der Waals surface area contributed by atoms with Crippen LogP contribution in [0.5, 0.6) is 0 Å². The summed E-state index contributed by atoms with van der Waals surface area (Å²) in [7, 11) is 1.67. The Balaban J connectivity index is 1.44. The van der Waals surface area contributed by atoms with Crippen LogP contribution in [0.1, 0.15) is 17.4 Å². The van der Waals surface area contributed by atoms with Crippen molar-refractivity contribution in [2.45, 2.75) is 25.2 Å². The molecule has 3 aromatic rings. The molecule has 1 fully saturated rings. The zero-order chi connectivity index (χ0) is 24.2. The Morgan fingerprint density at radius 3 is 2.71 bits per heavy atom. The maximum atomic E-state index is 13.2. The van der Waals surface area contributed by atoms with Crippen LogP contribution in [0.4, 0.5) is 9.52 Å². The van der Waals surface area contributed by atoms with Gasteiger partial charge in [-0.2, -0.15) is 0 Å². The Kier molecular flexibility index (Phi) is 6.98. The second-order valence-corrected chi connectivity index (χ2v) is 8.33. The normalized spacial score (nSPS) is 17.6. The fraction of sp³-hybridized carbons (Fsp3) is 0.318. The molecule has 0 spiro atoms. The molecule has 1 aromatic carbocycles. The number of aryl methyl sites for hydroxylation is 1. The topological polar surface area (TPSA) is 128 Å². The fourth-order valence-electron chi connectivity index (χ4n) is 3.25. The van der Waals surface area contributed by atoms with E-state index < -0.39 is 30.1 Å². The number of rotatable bonds is 10. The van der Waals surface area contributed by atoms with Gasteiger partial charge in [0.25, 0.3) is 5.91 Å². The molecule has 3 heterocycles. The summed E-state index contributed by atoms with van der Waals surface area (Å²) in [6, 6.07) is 4.97. The van der Waals surface area contributed by atoms with Crippen LogP contribution in [0.15, 0.2) is 42.2 Å². The fourth-order valence-corrected chi connectivity index (χ4v) is 3.98. The number of ether oxygens (including phenoxy) is 2. The highest BCUT2D eigenvalue weighted by Gasteiger charge is 2.52. The molecule has 34 heavy (non-hydrogen) atoms. The molecule has 178 valence electrons. The third kappa shape index (κ3) is 5.29. The number of benzene rings is 1. The minimum absolute atomic E-state index is 0.0307. The molecule has 0 aliphatic carbocycles. The minimum atomic E-state index is -1.01. The minimum Gasteiger partial charge on any atom is -0.464 e. The van der Waals surface area contributed by atoms with Crippen LogP contribution in [0.3, 0.4) is 0 Å². The lowest BCUT2D eigenvalue weighted by atomic mass is 10.1. The van der Waals surface area contributed by atoms with Crippen LogP contribution in [0.25, 0.3) is 11.3 Å². The monoisotopic (exact) mass is 487 g/mol. The molecule has 2 aromatic heterocycles. The van der Waals surface area contributed by atoms with Crippen molar-refractivity contribution in [1.29, 1.82) is 0 Å². The van der Waals surface area contributed by atoms with E-state index in [0.29, 0.717) is 16.5 Å². The Hall–Kier alpha value is -3.64. The van der Waals surface area contributed by atoms with Gasteiger partial charge in [-0.15, -0.1) is 11.3 Å². The third-order valence-electron chi connectivity index (χ3n) is 5.07. The number of halogens is 1. The predicted molar refractivity (Wildman–Crippen MR) is 121 cm³/mol. The molecule has 4 rings (SSSR count). The lowest BCUT2D eigenvalue weighted by Crippen LogP contribution is -2.48. The van der Waals surface area contributed by atoms with Crippen LogP contribution in [0, 0.1) is 5.82 Å². The van der Waals surface area contributed by atoms with Gasteiger partial charge >= 0.3 is 5.97 Å². The summed E-state index contributed by atoms with van der Waals surface area (Å²) in [5.41, 5.74) is 1.70. The third-order valence-corrected chi connectivity index (χ3v) is 5.87. The summed E-state index contributed by atoms with van der Waals surface area (Å²) < 4.78 is 24.7. The van der Waals surface area contributed by atoms with Gasteiger partial charge in [-0.3, -0.25) is 9.59 Å². The van der Waals surface area contributed by atoms with Crippen molar-refractivity contribution >= 4 is 34.1 Å². The Bertz CT molecular complexity index is 1190. The molecule has 3 atom stereocenters. The van der Waals surface area contributed by atoms with Crippen LogP contribution >= 0.6 is 11.3 Å². The molecule has 0 bridgehead atoms. The number of nitrogens with one attached hydrogen (secondary N) is 2. The summed E-state index contributed by atoms with van der Waals surface area (Å²) in [5.74, 6) is -1.92. The maximum absolute atomic E-state index is 13.2. The van der Waals surface area contributed by atoms with Gasteiger partial charge < -0.3 is 24.7 Å². The zero-order valence-electron chi connectivity index (χ0n) is 18.4. The van der Waals surface area contributed by atoms with Gasteiger partial charge in [0.05, 0.1) is 24.8 Å². The second-order valence-electron chi connectivity index (χ2n) is 7.47. The van der Waals surface area contributed by atoms with Crippen molar-refractivity contribution in [2.75, 3.05) is 18.5 Å². The predicted octanol–water partition coefficient (Wildman–Crippen LogP) is 1.79. The summed E-state index contributed by atoms with van der Waals surface area (Å²) in [6.07, 6.45) is 0.909. The average Bonchev–Trinajstić information content (AvgIpc) is 3.30. The summed E-state index contributed by atoms with van der Waals surface area (Å²) >= 11 is 1.31. The molecule has 1 amide bonds. The lowest BCUT2D eigenvalue weighted by Gasteiger charge is -2.18. The number of imidazole rings is 1. The molecule has 0 saturated carbocycles. The van der Waals surface area contributed by atoms with Gasteiger partial charge in [-0.05, 0) is 31.2 Å². The van der Waals surface area contributed by atoms with E-state index >= 15 is 0 Å². The number of carbonyl (C=O) groups excluding carboxylic acids is 3. The van der Waals surface area contributed by atoms with Crippen molar-refractivity contribution in [3.8, 4) is 11.3 Å². The van der Waals surface area contributed by atoms with E-state index in [1.54, 1.807) is 36.1 Å². The van der Waals surface area contributed by atoms with Crippen molar-refractivity contribution in [3.05, 3.63) is 53.7 Å². The maximum Gasteiger partial charge on any atom is 0.338 e. The van der Waals surface area contributed by atoms with E-state index in [0.717, 1.165) is 5.56 Å². The molecule has 0 unspecified atom stereocenters. The van der Waals surface area contributed by atoms with Gasteiger partial charge in [-0.25, -0.2) is 19.2 Å². The summed E-state index contributed by atoms with van der Waals surface area (Å²) in [5, 5.41) is 8.03. The highest BCUT2D eigenvalue weighted by molar-refractivity contribution is 7.14. The van der Waals surface area contributed by atoms with E-state index in [-0.39, 0.29) is 24.8 Å². The molecule has 10 nitrogen and oxygen atoms in total. The number of hydrogen-bond acceptors (Lipinski definition) is 9. The number of carbonyl (C=O) groups is 3. The van der Waals surface area contributed by atoms with Gasteiger partial charge in [0, 0.05) is 24.5 Å².